The molecule has 0 saturated carbocycles. The summed E-state index contributed by atoms with van der Waals surface area (Å²) in [5, 5.41) is 5.95. The summed E-state index contributed by atoms with van der Waals surface area (Å²) in [6.07, 6.45) is 3.24. The van der Waals surface area contributed by atoms with Crippen molar-refractivity contribution in [1.29, 1.82) is 0 Å². The Morgan fingerprint density at radius 1 is 0.963 bits per heavy atom. The van der Waals surface area contributed by atoms with E-state index in [1.807, 2.05) is 25.1 Å². The smallest absolute Gasteiger partial charge is 0.237 e. The van der Waals surface area contributed by atoms with Crippen LogP contribution in [0.15, 0.2) is 36.4 Å². The van der Waals surface area contributed by atoms with Crippen LogP contribution in [0.25, 0.3) is 0 Å². The highest BCUT2D eigenvalue weighted by Crippen LogP contribution is 2.25. The molecule has 7 heteroatoms. The number of hydrogen-bond acceptors (Lipinski definition) is 3. The summed E-state index contributed by atoms with van der Waals surface area (Å²) in [5.74, 6) is -1.25. The first-order valence-electron chi connectivity index (χ1n) is 8.73. The van der Waals surface area contributed by atoms with Crippen molar-refractivity contribution in [1.82, 2.24) is 0 Å². The zero-order valence-corrected chi connectivity index (χ0v) is 16.6. The zero-order valence-electron chi connectivity index (χ0n) is 15.0. The molecule has 1 unspecified atom stereocenters. The third kappa shape index (κ3) is 5.40. The summed E-state index contributed by atoms with van der Waals surface area (Å²) < 4.78 is 12.1. The molecule has 0 bridgehead atoms. The van der Waals surface area contributed by atoms with E-state index < -0.39 is 16.7 Å². The number of fused-ring (bicyclic) bond motifs is 1. The molecule has 0 radical (unpaired) electrons. The SMILES string of the molecule is Cc1ccc(NC(=O)CS(=O)CC(=O)Nc2ccc3c(c2)CCC3)cc1Cl. The summed E-state index contributed by atoms with van der Waals surface area (Å²) >= 11 is 6.02. The van der Waals surface area contributed by atoms with E-state index in [2.05, 4.69) is 10.6 Å². The first-order valence-corrected chi connectivity index (χ1v) is 10.6. The average molecular weight is 405 g/mol. The number of aryl methyl sites for hydroxylation is 3. The maximum Gasteiger partial charge on any atom is 0.237 e. The van der Waals surface area contributed by atoms with Crippen molar-refractivity contribution in [3.05, 3.63) is 58.1 Å². The van der Waals surface area contributed by atoms with Crippen molar-refractivity contribution >= 4 is 45.6 Å². The average Bonchev–Trinajstić information content (AvgIpc) is 3.05. The molecular weight excluding hydrogens is 384 g/mol. The maximum absolute atomic E-state index is 12.1. The Kier molecular flexibility index (Phi) is 6.29. The minimum absolute atomic E-state index is 0.223. The third-order valence-electron chi connectivity index (χ3n) is 4.42. The second kappa shape index (κ2) is 8.67. The van der Waals surface area contributed by atoms with Crippen LogP contribution >= 0.6 is 11.6 Å². The van der Waals surface area contributed by atoms with Gasteiger partial charge >= 0.3 is 0 Å². The third-order valence-corrected chi connectivity index (χ3v) is 6.00. The van der Waals surface area contributed by atoms with Gasteiger partial charge in [0.1, 0.15) is 11.5 Å². The predicted molar refractivity (Wildman–Crippen MR) is 110 cm³/mol. The van der Waals surface area contributed by atoms with Crippen LogP contribution in [-0.4, -0.2) is 27.5 Å². The molecule has 3 rings (SSSR count). The lowest BCUT2D eigenvalue weighted by atomic mass is 10.1. The van der Waals surface area contributed by atoms with Crippen LogP contribution in [0.4, 0.5) is 11.4 Å². The van der Waals surface area contributed by atoms with Gasteiger partial charge in [-0.3, -0.25) is 13.8 Å². The molecule has 27 heavy (non-hydrogen) atoms. The topological polar surface area (TPSA) is 75.3 Å². The van der Waals surface area contributed by atoms with E-state index in [9.17, 15) is 13.8 Å². The highest BCUT2D eigenvalue weighted by molar-refractivity contribution is 7.86. The Bertz CT molecular complexity index is 914. The fourth-order valence-corrected chi connectivity index (χ4v) is 4.07. The lowest BCUT2D eigenvalue weighted by molar-refractivity contribution is -0.114. The van der Waals surface area contributed by atoms with E-state index in [0.29, 0.717) is 16.4 Å². The van der Waals surface area contributed by atoms with Crippen molar-refractivity contribution in [2.24, 2.45) is 0 Å². The van der Waals surface area contributed by atoms with Crippen LogP contribution in [0.5, 0.6) is 0 Å². The standard InChI is InChI=1S/C20H21ClN2O3S/c1-13-5-7-17(10-18(13)21)23-20(25)12-27(26)11-19(24)22-16-8-6-14-3-2-4-15(14)9-16/h5-10H,2-4,11-12H2,1H3,(H,22,24)(H,23,25). The van der Waals surface area contributed by atoms with Gasteiger partial charge in [-0.15, -0.1) is 0 Å². The summed E-state index contributed by atoms with van der Waals surface area (Å²) in [5.41, 5.74) is 4.72. The first kappa shape index (κ1) is 19.6. The van der Waals surface area contributed by atoms with Crippen LogP contribution in [0.1, 0.15) is 23.1 Å². The summed E-state index contributed by atoms with van der Waals surface area (Å²) in [4.78, 5) is 24.1. The van der Waals surface area contributed by atoms with Crippen molar-refractivity contribution in [3.8, 4) is 0 Å². The molecule has 0 fully saturated rings. The van der Waals surface area contributed by atoms with E-state index in [1.165, 1.54) is 11.1 Å². The Morgan fingerprint density at radius 3 is 2.22 bits per heavy atom. The molecule has 0 aromatic heterocycles. The number of rotatable bonds is 6. The van der Waals surface area contributed by atoms with E-state index in [-0.39, 0.29) is 17.4 Å². The Hall–Kier alpha value is -2.18. The number of carbonyl (C=O) groups excluding carboxylic acids is 2. The Morgan fingerprint density at radius 2 is 1.56 bits per heavy atom. The highest BCUT2D eigenvalue weighted by atomic mass is 35.5. The Balaban J connectivity index is 1.48. The lowest BCUT2D eigenvalue weighted by Crippen LogP contribution is -2.26. The molecule has 0 saturated heterocycles. The van der Waals surface area contributed by atoms with Gasteiger partial charge in [-0.2, -0.15) is 0 Å². The molecule has 5 nitrogen and oxygen atoms in total. The number of amides is 2. The highest BCUT2D eigenvalue weighted by Gasteiger charge is 2.15. The minimum Gasteiger partial charge on any atom is -0.325 e. The molecular formula is C20H21ClN2O3S. The summed E-state index contributed by atoms with van der Waals surface area (Å²) in [6, 6.07) is 11.0. The van der Waals surface area contributed by atoms with Gasteiger partial charge in [0.2, 0.25) is 11.8 Å². The van der Waals surface area contributed by atoms with Gasteiger partial charge < -0.3 is 10.6 Å². The molecule has 2 aromatic carbocycles. The normalized spacial score (nSPS) is 13.7. The molecule has 0 spiro atoms. The number of hydrogen-bond donors (Lipinski definition) is 2. The van der Waals surface area contributed by atoms with Gasteiger partial charge in [-0.1, -0.05) is 23.7 Å². The van der Waals surface area contributed by atoms with Gasteiger partial charge in [0.05, 0.1) is 0 Å². The molecule has 2 amide bonds. The molecule has 0 heterocycles. The van der Waals surface area contributed by atoms with Crippen LogP contribution < -0.4 is 10.6 Å². The molecule has 1 aliphatic rings. The zero-order chi connectivity index (χ0) is 19.4. The van der Waals surface area contributed by atoms with E-state index in [4.69, 9.17) is 11.6 Å². The number of halogens is 1. The van der Waals surface area contributed by atoms with Crippen molar-refractivity contribution in [2.75, 3.05) is 22.1 Å². The van der Waals surface area contributed by atoms with Gasteiger partial charge in [-0.25, -0.2) is 0 Å². The fraction of sp³-hybridized carbons (Fsp3) is 0.300. The summed E-state index contributed by atoms with van der Waals surface area (Å²) in [6.45, 7) is 1.86. The van der Waals surface area contributed by atoms with Crippen LogP contribution in [0, 0.1) is 6.92 Å². The molecule has 0 aliphatic heterocycles. The Labute approximate surface area is 166 Å². The van der Waals surface area contributed by atoms with E-state index in [1.54, 1.807) is 18.2 Å². The van der Waals surface area contributed by atoms with Crippen LogP contribution in [0.3, 0.4) is 0 Å². The molecule has 2 aromatic rings. The van der Waals surface area contributed by atoms with Crippen molar-refractivity contribution in [3.63, 3.8) is 0 Å². The summed E-state index contributed by atoms with van der Waals surface area (Å²) in [7, 11) is -1.59. The number of carbonyl (C=O) groups is 2. The largest absolute Gasteiger partial charge is 0.325 e. The minimum atomic E-state index is -1.59. The number of nitrogens with one attached hydrogen (secondary N) is 2. The predicted octanol–water partition coefficient (Wildman–Crippen LogP) is 3.46. The van der Waals surface area contributed by atoms with Gasteiger partial charge in [0.25, 0.3) is 0 Å². The molecule has 142 valence electrons. The number of benzene rings is 2. The van der Waals surface area contributed by atoms with Gasteiger partial charge in [0, 0.05) is 27.2 Å². The van der Waals surface area contributed by atoms with Gasteiger partial charge in [-0.05, 0) is 67.1 Å². The lowest BCUT2D eigenvalue weighted by Gasteiger charge is -2.08. The number of anilines is 2. The molecule has 1 atom stereocenters. The fourth-order valence-electron chi connectivity index (χ4n) is 3.06. The van der Waals surface area contributed by atoms with Crippen molar-refractivity contribution < 1.29 is 13.8 Å². The van der Waals surface area contributed by atoms with E-state index in [0.717, 1.165) is 24.8 Å². The monoisotopic (exact) mass is 404 g/mol. The quantitative estimate of drug-likeness (QED) is 0.774. The van der Waals surface area contributed by atoms with E-state index >= 15 is 0 Å². The maximum atomic E-state index is 12.1. The second-order valence-corrected chi connectivity index (χ2v) is 8.49. The van der Waals surface area contributed by atoms with Gasteiger partial charge in [0.15, 0.2) is 0 Å². The second-order valence-electron chi connectivity index (χ2n) is 6.63. The molecule has 2 N–H and O–H groups in total. The van der Waals surface area contributed by atoms with Crippen LogP contribution in [-0.2, 0) is 33.2 Å². The molecule has 1 aliphatic carbocycles. The first-order chi connectivity index (χ1) is 12.9. The van der Waals surface area contributed by atoms with Crippen LogP contribution in [0.2, 0.25) is 5.02 Å². The van der Waals surface area contributed by atoms with Crippen molar-refractivity contribution in [2.45, 2.75) is 26.2 Å².